The molecule has 0 spiro atoms. The van der Waals surface area contributed by atoms with Crippen LogP contribution in [0.15, 0.2) is 42.5 Å². The van der Waals surface area contributed by atoms with Crippen LogP contribution in [0.25, 0.3) is 0 Å². The highest BCUT2D eigenvalue weighted by molar-refractivity contribution is 5.94. The second-order valence-electron chi connectivity index (χ2n) is 7.75. The molecule has 2 aromatic rings. The summed E-state index contributed by atoms with van der Waals surface area (Å²) in [7, 11) is 0. The van der Waals surface area contributed by atoms with E-state index in [2.05, 4.69) is 10.2 Å². The predicted octanol–water partition coefficient (Wildman–Crippen LogP) is 2.48. The molecule has 2 aliphatic rings. The van der Waals surface area contributed by atoms with Crippen molar-refractivity contribution in [3.63, 3.8) is 0 Å². The molecule has 0 unspecified atom stereocenters. The van der Waals surface area contributed by atoms with Crippen molar-refractivity contribution in [2.75, 3.05) is 31.2 Å². The maximum Gasteiger partial charge on any atom is 0.251 e. The number of carbonyl (C=O) groups is 2. The second kappa shape index (κ2) is 9.07. The standard InChI is InChI=1S/C23H27N3O4/c24-22(27)18-3-1-10-26(15-18)19-7-4-16(5-8-19)14-25-23(28)17-6-9-20-21(13-17)30-12-2-11-29-20/h4-9,13,18H,1-3,10-12,14-15H2,(H2,24,27)(H,25,28)/t18-/m0/s1. The van der Waals surface area contributed by atoms with Crippen LogP contribution in [-0.2, 0) is 11.3 Å². The van der Waals surface area contributed by atoms with Gasteiger partial charge in [-0.25, -0.2) is 0 Å². The molecule has 1 fully saturated rings. The Morgan fingerprint density at radius 2 is 1.80 bits per heavy atom. The van der Waals surface area contributed by atoms with Crippen molar-refractivity contribution in [2.45, 2.75) is 25.8 Å². The smallest absolute Gasteiger partial charge is 0.251 e. The Balaban J connectivity index is 1.34. The largest absolute Gasteiger partial charge is 0.490 e. The molecule has 30 heavy (non-hydrogen) atoms. The Hall–Kier alpha value is -3.22. The highest BCUT2D eigenvalue weighted by atomic mass is 16.5. The number of hydrogen-bond acceptors (Lipinski definition) is 5. The molecular weight excluding hydrogens is 382 g/mol. The Kier molecular flexibility index (Phi) is 6.07. The lowest BCUT2D eigenvalue weighted by Gasteiger charge is -2.33. The van der Waals surface area contributed by atoms with Gasteiger partial charge in [0.25, 0.3) is 5.91 Å². The first-order valence-electron chi connectivity index (χ1n) is 10.4. The topological polar surface area (TPSA) is 93.9 Å². The van der Waals surface area contributed by atoms with Gasteiger partial charge in [0.05, 0.1) is 19.1 Å². The molecule has 7 heteroatoms. The third-order valence-corrected chi connectivity index (χ3v) is 5.59. The summed E-state index contributed by atoms with van der Waals surface area (Å²) in [4.78, 5) is 26.2. The van der Waals surface area contributed by atoms with Crippen molar-refractivity contribution in [1.29, 1.82) is 0 Å². The summed E-state index contributed by atoms with van der Waals surface area (Å²) in [6, 6.07) is 13.3. The van der Waals surface area contributed by atoms with E-state index in [4.69, 9.17) is 15.2 Å². The number of rotatable bonds is 5. The van der Waals surface area contributed by atoms with Gasteiger partial charge < -0.3 is 25.4 Å². The molecule has 0 aromatic heterocycles. The molecule has 2 heterocycles. The first-order chi connectivity index (χ1) is 14.6. The maximum absolute atomic E-state index is 12.5. The van der Waals surface area contributed by atoms with Gasteiger partial charge in [0.1, 0.15) is 0 Å². The molecule has 4 rings (SSSR count). The van der Waals surface area contributed by atoms with Gasteiger partial charge in [0.2, 0.25) is 5.91 Å². The second-order valence-corrected chi connectivity index (χ2v) is 7.75. The van der Waals surface area contributed by atoms with Gasteiger partial charge in [-0.3, -0.25) is 9.59 Å². The monoisotopic (exact) mass is 409 g/mol. The van der Waals surface area contributed by atoms with E-state index in [1.54, 1.807) is 18.2 Å². The van der Waals surface area contributed by atoms with Crippen LogP contribution in [0.4, 0.5) is 5.69 Å². The van der Waals surface area contributed by atoms with Crippen molar-refractivity contribution in [2.24, 2.45) is 11.7 Å². The van der Waals surface area contributed by atoms with Gasteiger partial charge in [0.15, 0.2) is 11.5 Å². The summed E-state index contributed by atoms with van der Waals surface area (Å²) < 4.78 is 11.3. The van der Waals surface area contributed by atoms with Crippen LogP contribution >= 0.6 is 0 Å². The van der Waals surface area contributed by atoms with Gasteiger partial charge in [-0.05, 0) is 48.7 Å². The number of nitrogens with two attached hydrogens (primary N) is 1. The Morgan fingerprint density at radius 3 is 2.57 bits per heavy atom. The summed E-state index contributed by atoms with van der Waals surface area (Å²) in [5.74, 6) is 0.813. The van der Waals surface area contributed by atoms with Crippen LogP contribution in [0.3, 0.4) is 0 Å². The zero-order valence-electron chi connectivity index (χ0n) is 16.9. The number of anilines is 1. The Morgan fingerprint density at radius 1 is 1.03 bits per heavy atom. The molecule has 1 saturated heterocycles. The predicted molar refractivity (Wildman–Crippen MR) is 114 cm³/mol. The van der Waals surface area contributed by atoms with Crippen molar-refractivity contribution in [3.05, 3.63) is 53.6 Å². The summed E-state index contributed by atoms with van der Waals surface area (Å²) in [6.07, 6.45) is 2.64. The maximum atomic E-state index is 12.5. The molecule has 2 amide bonds. The molecule has 3 N–H and O–H groups in total. The highest BCUT2D eigenvalue weighted by Crippen LogP contribution is 2.30. The number of primary amides is 1. The summed E-state index contributed by atoms with van der Waals surface area (Å²) >= 11 is 0. The van der Waals surface area contributed by atoms with Crippen molar-refractivity contribution >= 4 is 17.5 Å². The molecule has 0 radical (unpaired) electrons. The lowest BCUT2D eigenvalue weighted by atomic mass is 9.97. The van der Waals surface area contributed by atoms with Crippen LogP contribution < -0.4 is 25.4 Å². The number of nitrogens with zero attached hydrogens (tertiary/aromatic N) is 1. The third kappa shape index (κ3) is 4.67. The number of fused-ring (bicyclic) bond motifs is 1. The van der Waals surface area contributed by atoms with E-state index in [1.165, 1.54) is 0 Å². The number of amides is 2. The molecule has 2 aliphatic heterocycles. The molecule has 2 aromatic carbocycles. The fraction of sp³-hybridized carbons (Fsp3) is 0.391. The van der Waals surface area contributed by atoms with Gasteiger partial charge in [-0.1, -0.05) is 12.1 Å². The van der Waals surface area contributed by atoms with E-state index in [9.17, 15) is 9.59 Å². The highest BCUT2D eigenvalue weighted by Gasteiger charge is 2.24. The number of ether oxygens (including phenoxy) is 2. The number of piperidine rings is 1. The number of hydrogen-bond donors (Lipinski definition) is 2. The van der Waals surface area contributed by atoms with Gasteiger partial charge in [-0.2, -0.15) is 0 Å². The number of nitrogens with one attached hydrogen (secondary N) is 1. The summed E-state index contributed by atoms with van der Waals surface area (Å²) in [5.41, 5.74) is 8.09. The molecular formula is C23H27N3O4. The van der Waals surface area contributed by atoms with Crippen molar-refractivity contribution < 1.29 is 19.1 Å². The van der Waals surface area contributed by atoms with Crippen molar-refractivity contribution in [3.8, 4) is 11.5 Å². The number of carbonyl (C=O) groups excluding carboxylic acids is 2. The van der Waals surface area contributed by atoms with E-state index in [-0.39, 0.29) is 17.7 Å². The molecule has 7 nitrogen and oxygen atoms in total. The lowest BCUT2D eigenvalue weighted by molar-refractivity contribution is -0.122. The number of benzene rings is 2. The van der Waals surface area contributed by atoms with E-state index >= 15 is 0 Å². The third-order valence-electron chi connectivity index (χ3n) is 5.59. The SMILES string of the molecule is NC(=O)[C@H]1CCCN(c2ccc(CNC(=O)c3ccc4c(c3)OCCCO4)cc2)C1. The van der Waals surface area contributed by atoms with Crippen LogP contribution in [0, 0.1) is 5.92 Å². The van der Waals surface area contributed by atoms with Crippen molar-refractivity contribution in [1.82, 2.24) is 5.32 Å². The fourth-order valence-corrected chi connectivity index (χ4v) is 3.86. The van der Waals surface area contributed by atoms with Gasteiger partial charge >= 0.3 is 0 Å². The minimum atomic E-state index is -0.228. The van der Waals surface area contributed by atoms with Crippen LogP contribution in [0.5, 0.6) is 11.5 Å². The van der Waals surface area contributed by atoms with Crippen LogP contribution in [-0.4, -0.2) is 38.1 Å². The fourth-order valence-electron chi connectivity index (χ4n) is 3.86. The summed E-state index contributed by atoms with van der Waals surface area (Å²) in [5, 5.41) is 2.95. The summed E-state index contributed by atoms with van der Waals surface area (Å²) in [6.45, 7) is 3.22. The molecule has 158 valence electrons. The van der Waals surface area contributed by atoms with Crippen LogP contribution in [0.2, 0.25) is 0 Å². The van der Waals surface area contributed by atoms with E-state index in [0.717, 1.165) is 37.1 Å². The lowest BCUT2D eigenvalue weighted by Crippen LogP contribution is -2.41. The van der Waals surface area contributed by atoms with E-state index in [0.29, 0.717) is 43.4 Å². The zero-order chi connectivity index (χ0) is 20.9. The normalized spacial score (nSPS) is 18.4. The minimum absolute atomic E-state index is 0.0898. The van der Waals surface area contributed by atoms with Crippen LogP contribution in [0.1, 0.15) is 35.2 Å². The first-order valence-corrected chi connectivity index (χ1v) is 10.4. The molecule has 0 aliphatic carbocycles. The molecule has 1 atom stereocenters. The van der Waals surface area contributed by atoms with E-state index in [1.807, 2.05) is 24.3 Å². The average Bonchev–Trinajstić information content (AvgIpc) is 3.03. The van der Waals surface area contributed by atoms with Gasteiger partial charge in [-0.15, -0.1) is 0 Å². The molecule has 0 saturated carbocycles. The molecule has 0 bridgehead atoms. The first kappa shape index (κ1) is 20.1. The Bertz CT molecular complexity index is 913. The van der Waals surface area contributed by atoms with Gasteiger partial charge in [0, 0.05) is 37.3 Å². The minimum Gasteiger partial charge on any atom is -0.490 e. The quantitative estimate of drug-likeness (QED) is 0.791. The Labute approximate surface area is 176 Å². The zero-order valence-corrected chi connectivity index (χ0v) is 16.9. The van der Waals surface area contributed by atoms with E-state index < -0.39 is 0 Å². The average molecular weight is 409 g/mol.